The number of hydrogen-bond acceptors (Lipinski definition) is 3. The van der Waals surface area contributed by atoms with Crippen LogP contribution in [0.4, 0.5) is 0 Å². The predicted octanol–water partition coefficient (Wildman–Crippen LogP) is 0.885. The molecule has 5 heteroatoms. The molecule has 84 valence electrons. The molecule has 0 aromatic rings. The van der Waals surface area contributed by atoms with Crippen LogP contribution in [0.25, 0.3) is 0 Å². The summed E-state index contributed by atoms with van der Waals surface area (Å²) in [4.78, 5) is 0. The zero-order chi connectivity index (χ0) is 11.0. The van der Waals surface area contributed by atoms with E-state index in [1.807, 2.05) is 0 Å². The van der Waals surface area contributed by atoms with Crippen molar-refractivity contribution in [2.45, 2.75) is 26.7 Å². The molecule has 0 spiro atoms. The largest absolute Gasteiger partial charge is 0.330 e. The molecule has 0 heterocycles. The maximum absolute atomic E-state index is 10.9. The number of rotatable bonds is 3. The van der Waals surface area contributed by atoms with Gasteiger partial charge in [-0.05, 0) is 36.6 Å². The minimum Gasteiger partial charge on any atom is -0.330 e. The molecule has 0 saturated heterocycles. The second-order valence-corrected chi connectivity index (χ2v) is 6.25. The standard InChI is InChI=1S/C9H19NO3S/c1-7-3-9(5-10,4-8(7)2)6-14(11,12)13/h7-8H,3-6,10H2,1-2H3,(H,11,12,13)/t7-,8-/m0/s1. The highest BCUT2D eigenvalue weighted by atomic mass is 32.2. The Labute approximate surface area is 85.6 Å². The minimum absolute atomic E-state index is 0.189. The molecule has 4 nitrogen and oxygen atoms in total. The Morgan fingerprint density at radius 1 is 1.36 bits per heavy atom. The predicted molar refractivity (Wildman–Crippen MR) is 55.5 cm³/mol. The Kier molecular flexibility index (Phi) is 3.23. The van der Waals surface area contributed by atoms with Crippen molar-refractivity contribution < 1.29 is 13.0 Å². The summed E-state index contributed by atoms with van der Waals surface area (Å²) in [5.41, 5.74) is 5.23. The lowest BCUT2D eigenvalue weighted by atomic mass is 9.87. The third-order valence-corrected chi connectivity index (χ3v) is 4.38. The van der Waals surface area contributed by atoms with Crippen LogP contribution in [0.2, 0.25) is 0 Å². The van der Waals surface area contributed by atoms with E-state index in [1.165, 1.54) is 0 Å². The maximum atomic E-state index is 10.9. The summed E-state index contributed by atoms with van der Waals surface area (Å²) in [5.74, 6) is 0.783. The molecular formula is C9H19NO3S. The fourth-order valence-electron chi connectivity index (χ4n) is 2.58. The lowest BCUT2D eigenvalue weighted by molar-refractivity contribution is 0.324. The van der Waals surface area contributed by atoms with Crippen molar-refractivity contribution in [1.82, 2.24) is 0 Å². The quantitative estimate of drug-likeness (QED) is 0.693. The van der Waals surface area contributed by atoms with Crippen LogP contribution in [-0.2, 0) is 10.1 Å². The zero-order valence-corrected chi connectivity index (χ0v) is 9.55. The van der Waals surface area contributed by atoms with Crippen LogP contribution in [0, 0.1) is 17.3 Å². The summed E-state index contributed by atoms with van der Waals surface area (Å²) in [6.07, 6.45) is 1.59. The first-order valence-corrected chi connectivity index (χ1v) is 6.54. The number of hydrogen-bond donors (Lipinski definition) is 2. The minimum atomic E-state index is -3.90. The van der Waals surface area contributed by atoms with E-state index in [0.29, 0.717) is 18.4 Å². The van der Waals surface area contributed by atoms with Crippen LogP contribution in [-0.4, -0.2) is 25.3 Å². The summed E-state index contributed by atoms with van der Waals surface area (Å²) < 4.78 is 30.6. The Morgan fingerprint density at radius 3 is 2.07 bits per heavy atom. The topological polar surface area (TPSA) is 80.4 Å². The fourth-order valence-corrected chi connectivity index (χ4v) is 3.71. The van der Waals surface area contributed by atoms with Gasteiger partial charge >= 0.3 is 0 Å². The van der Waals surface area contributed by atoms with E-state index < -0.39 is 15.5 Å². The van der Waals surface area contributed by atoms with Gasteiger partial charge in [0.1, 0.15) is 0 Å². The first kappa shape index (κ1) is 11.9. The van der Waals surface area contributed by atoms with Gasteiger partial charge in [-0.2, -0.15) is 8.42 Å². The van der Waals surface area contributed by atoms with Gasteiger partial charge in [0.25, 0.3) is 10.1 Å². The van der Waals surface area contributed by atoms with Crippen LogP contribution >= 0.6 is 0 Å². The molecule has 0 aromatic carbocycles. The Balaban J connectivity index is 2.80. The van der Waals surface area contributed by atoms with Crippen LogP contribution in [0.3, 0.4) is 0 Å². The third-order valence-electron chi connectivity index (χ3n) is 3.40. The molecule has 0 unspecified atom stereocenters. The van der Waals surface area contributed by atoms with E-state index in [4.69, 9.17) is 10.3 Å². The molecule has 2 atom stereocenters. The van der Waals surface area contributed by atoms with Crippen molar-refractivity contribution in [1.29, 1.82) is 0 Å². The first-order valence-electron chi connectivity index (χ1n) is 4.93. The highest BCUT2D eigenvalue weighted by Gasteiger charge is 2.43. The summed E-state index contributed by atoms with van der Waals surface area (Å²) in [7, 11) is -3.90. The second-order valence-electron chi connectivity index (χ2n) is 4.79. The molecule has 0 amide bonds. The Hall–Kier alpha value is -0.130. The average molecular weight is 221 g/mol. The van der Waals surface area contributed by atoms with E-state index in [-0.39, 0.29) is 5.75 Å². The monoisotopic (exact) mass is 221 g/mol. The van der Waals surface area contributed by atoms with Crippen molar-refractivity contribution in [2.75, 3.05) is 12.3 Å². The lowest BCUT2D eigenvalue weighted by Gasteiger charge is -2.25. The van der Waals surface area contributed by atoms with Gasteiger partial charge < -0.3 is 5.73 Å². The number of nitrogens with two attached hydrogens (primary N) is 1. The van der Waals surface area contributed by atoms with Crippen molar-refractivity contribution in [3.63, 3.8) is 0 Å². The molecule has 14 heavy (non-hydrogen) atoms. The van der Waals surface area contributed by atoms with Gasteiger partial charge in [0.05, 0.1) is 5.75 Å². The maximum Gasteiger partial charge on any atom is 0.265 e. The van der Waals surface area contributed by atoms with Gasteiger partial charge in [-0.1, -0.05) is 13.8 Å². The van der Waals surface area contributed by atoms with Crippen molar-refractivity contribution in [2.24, 2.45) is 23.0 Å². The normalized spacial score (nSPS) is 32.0. The molecule has 0 radical (unpaired) electrons. The Morgan fingerprint density at radius 2 is 1.79 bits per heavy atom. The summed E-state index contributed by atoms with van der Waals surface area (Å²) >= 11 is 0. The molecule has 1 fully saturated rings. The molecule has 3 N–H and O–H groups in total. The van der Waals surface area contributed by atoms with Crippen LogP contribution in [0.1, 0.15) is 26.7 Å². The highest BCUT2D eigenvalue weighted by Crippen LogP contribution is 2.45. The zero-order valence-electron chi connectivity index (χ0n) is 8.73. The second kappa shape index (κ2) is 3.79. The third kappa shape index (κ3) is 2.68. The molecule has 1 aliphatic rings. The first-order chi connectivity index (χ1) is 6.28. The molecule has 1 saturated carbocycles. The van der Waals surface area contributed by atoms with Gasteiger partial charge in [-0.3, -0.25) is 4.55 Å². The fraction of sp³-hybridized carbons (Fsp3) is 1.00. The van der Waals surface area contributed by atoms with E-state index in [1.54, 1.807) is 0 Å². The van der Waals surface area contributed by atoms with Gasteiger partial charge in [0, 0.05) is 0 Å². The molecule has 0 aromatic heterocycles. The SMILES string of the molecule is C[C@H]1CC(CN)(CS(=O)(=O)O)C[C@@H]1C. The molecular weight excluding hydrogens is 202 g/mol. The average Bonchev–Trinajstić information content (AvgIpc) is 2.25. The van der Waals surface area contributed by atoms with Crippen molar-refractivity contribution in [3.05, 3.63) is 0 Å². The Bertz CT molecular complexity index is 289. The van der Waals surface area contributed by atoms with Gasteiger partial charge in [0.15, 0.2) is 0 Å². The van der Waals surface area contributed by atoms with Crippen LogP contribution in [0.15, 0.2) is 0 Å². The highest BCUT2D eigenvalue weighted by molar-refractivity contribution is 7.85. The van der Waals surface area contributed by atoms with Crippen molar-refractivity contribution in [3.8, 4) is 0 Å². The summed E-state index contributed by atoms with van der Waals surface area (Å²) in [5, 5.41) is 0. The summed E-state index contributed by atoms with van der Waals surface area (Å²) in [6.45, 7) is 4.54. The van der Waals surface area contributed by atoms with Crippen molar-refractivity contribution >= 4 is 10.1 Å². The van der Waals surface area contributed by atoms with Gasteiger partial charge in [-0.15, -0.1) is 0 Å². The summed E-state index contributed by atoms with van der Waals surface area (Å²) in [6, 6.07) is 0. The van der Waals surface area contributed by atoms with Gasteiger partial charge in [0.2, 0.25) is 0 Å². The smallest absolute Gasteiger partial charge is 0.265 e. The molecule has 0 bridgehead atoms. The van der Waals surface area contributed by atoms with Crippen LogP contribution in [0.5, 0.6) is 0 Å². The van der Waals surface area contributed by atoms with Crippen LogP contribution < -0.4 is 5.73 Å². The molecule has 1 rings (SSSR count). The van der Waals surface area contributed by atoms with E-state index in [0.717, 1.165) is 12.8 Å². The molecule has 1 aliphatic carbocycles. The lowest BCUT2D eigenvalue weighted by Crippen LogP contribution is -2.35. The van der Waals surface area contributed by atoms with E-state index >= 15 is 0 Å². The van der Waals surface area contributed by atoms with E-state index in [2.05, 4.69) is 13.8 Å². The van der Waals surface area contributed by atoms with E-state index in [9.17, 15) is 8.42 Å². The molecule has 0 aliphatic heterocycles. The van der Waals surface area contributed by atoms with Gasteiger partial charge in [-0.25, -0.2) is 0 Å².